The van der Waals surface area contributed by atoms with Crippen molar-refractivity contribution in [3.05, 3.63) is 47.7 Å². The van der Waals surface area contributed by atoms with Gasteiger partial charge < -0.3 is 14.9 Å². The van der Waals surface area contributed by atoms with Crippen LogP contribution in [0.25, 0.3) is 10.8 Å². The maximum absolute atomic E-state index is 5.60. The van der Waals surface area contributed by atoms with Crippen molar-refractivity contribution in [2.24, 2.45) is 0 Å². The van der Waals surface area contributed by atoms with Crippen LogP contribution in [0.15, 0.2) is 46.2 Å². The number of hydrogen-bond acceptors (Lipinski definition) is 6. The van der Waals surface area contributed by atoms with Gasteiger partial charge >= 0.3 is 0 Å². The zero-order valence-electron chi connectivity index (χ0n) is 9.95. The Morgan fingerprint density at radius 3 is 2.74 bits per heavy atom. The first kappa shape index (κ1) is 11.7. The van der Waals surface area contributed by atoms with E-state index in [0.717, 1.165) is 4.88 Å². The Morgan fingerprint density at radius 2 is 2.00 bits per heavy atom. The summed E-state index contributed by atoms with van der Waals surface area (Å²) in [6.07, 6.45) is 0. The van der Waals surface area contributed by atoms with Gasteiger partial charge in [0.15, 0.2) is 6.61 Å². The summed E-state index contributed by atoms with van der Waals surface area (Å²) in [6, 6.07) is 11.0. The van der Waals surface area contributed by atoms with Crippen LogP contribution in [0.2, 0.25) is 0 Å². The molecule has 0 amide bonds. The lowest BCUT2D eigenvalue weighted by Gasteiger charge is -2.02. The molecule has 0 saturated heterocycles. The van der Waals surface area contributed by atoms with Crippen LogP contribution in [0.4, 0.5) is 5.69 Å². The molecule has 0 fully saturated rings. The Kier molecular flexibility index (Phi) is 3.16. The van der Waals surface area contributed by atoms with Gasteiger partial charge in [-0.1, -0.05) is 6.07 Å². The fourth-order valence-corrected chi connectivity index (χ4v) is 2.17. The number of ether oxygens (including phenoxy) is 1. The Hall–Kier alpha value is -2.34. The molecule has 96 valence electrons. The van der Waals surface area contributed by atoms with Crippen molar-refractivity contribution in [2.75, 3.05) is 5.73 Å². The van der Waals surface area contributed by atoms with Crippen LogP contribution in [0.3, 0.4) is 0 Å². The van der Waals surface area contributed by atoms with Gasteiger partial charge in [-0.3, -0.25) is 0 Å². The first-order valence-corrected chi connectivity index (χ1v) is 6.54. The number of rotatable bonds is 4. The van der Waals surface area contributed by atoms with Crippen molar-refractivity contribution in [3.8, 4) is 16.5 Å². The van der Waals surface area contributed by atoms with Crippen molar-refractivity contribution >= 4 is 17.0 Å². The zero-order valence-corrected chi connectivity index (χ0v) is 10.8. The summed E-state index contributed by atoms with van der Waals surface area (Å²) < 4.78 is 11.0. The molecule has 0 aliphatic rings. The number of nitrogen functional groups attached to an aromatic ring is 1. The summed E-state index contributed by atoms with van der Waals surface area (Å²) in [5.41, 5.74) is 6.30. The zero-order chi connectivity index (χ0) is 13.1. The Balaban J connectivity index is 1.66. The number of anilines is 1. The predicted molar refractivity (Wildman–Crippen MR) is 72.8 cm³/mol. The van der Waals surface area contributed by atoms with Gasteiger partial charge in [0.2, 0.25) is 0 Å². The Labute approximate surface area is 113 Å². The van der Waals surface area contributed by atoms with Crippen LogP contribution in [0.1, 0.15) is 5.89 Å². The molecular weight excluding hydrogens is 262 g/mol. The molecule has 6 heteroatoms. The summed E-state index contributed by atoms with van der Waals surface area (Å²) in [5.74, 6) is 1.68. The summed E-state index contributed by atoms with van der Waals surface area (Å²) >= 11 is 1.55. The van der Waals surface area contributed by atoms with E-state index in [2.05, 4.69) is 10.2 Å². The predicted octanol–water partition coefficient (Wildman–Crippen LogP) is 2.96. The fraction of sp³-hybridized carbons (Fsp3) is 0.0769. The van der Waals surface area contributed by atoms with Crippen molar-refractivity contribution in [2.45, 2.75) is 6.61 Å². The third-order valence-corrected chi connectivity index (χ3v) is 3.30. The van der Waals surface area contributed by atoms with E-state index in [4.69, 9.17) is 14.9 Å². The third-order valence-electron chi connectivity index (χ3n) is 2.44. The molecule has 0 saturated carbocycles. The quantitative estimate of drug-likeness (QED) is 0.740. The van der Waals surface area contributed by atoms with Crippen molar-refractivity contribution in [1.29, 1.82) is 0 Å². The van der Waals surface area contributed by atoms with E-state index in [0.29, 0.717) is 23.2 Å². The summed E-state index contributed by atoms with van der Waals surface area (Å²) in [7, 11) is 0. The lowest BCUT2D eigenvalue weighted by atomic mass is 10.3. The largest absolute Gasteiger partial charge is 0.484 e. The highest BCUT2D eigenvalue weighted by Gasteiger charge is 2.09. The standard InChI is InChI=1S/C13H11N3O2S/c14-9-3-5-10(6-4-9)17-8-12-15-16-13(18-12)11-2-1-7-19-11/h1-7H,8,14H2. The van der Waals surface area contributed by atoms with E-state index in [1.54, 1.807) is 35.6 Å². The van der Waals surface area contributed by atoms with E-state index in [-0.39, 0.29) is 6.61 Å². The van der Waals surface area contributed by atoms with Gasteiger partial charge in [0, 0.05) is 5.69 Å². The van der Waals surface area contributed by atoms with E-state index in [1.807, 2.05) is 17.5 Å². The van der Waals surface area contributed by atoms with Crippen molar-refractivity contribution in [1.82, 2.24) is 10.2 Å². The molecule has 0 unspecified atom stereocenters. The van der Waals surface area contributed by atoms with E-state index in [1.165, 1.54) is 0 Å². The molecule has 5 nitrogen and oxygen atoms in total. The van der Waals surface area contributed by atoms with E-state index in [9.17, 15) is 0 Å². The second kappa shape index (κ2) is 5.11. The first-order valence-electron chi connectivity index (χ1n) is 5.66. The molecule has 1 aromatic carbocycles. The summed E-state index contributed by atoms with van der Waals surface area (Å²) in [5, 5.41) is 9.89. The van der Waals surface area contributed by atoms with Crippen LogP contribution in [-0.4, -0.2) is 10.2 Å². The van der Waals surface area contributed by atoms with Gasteiger partial charge in [0.25, 0.3) is 11.8 Å². The molecule has 0 bridgehead atoms. The summed E-state index contributed by atoms with van der Waals surface area (Å²) in [6.45, 7) is 0.238. The van der Waals surface area contributed by atoms with Gasteiger partial charge in [-0.05, 0) is 35.7 Å². The normalized spacial score (nSPS) is 10.5. The second-order valence-electron chi connectivity index (χ2n) is 3.84. The number of hydrogen-bond donors (Lipinski definition) is 1. The monoisotopic (exact) mass is 273 g/mol. The number of aromatic nitrogens is 2. The van der Waals surface area contributed by atoms with Crippen LogP contribution in [0, 0.1) is 0 Å². The average Bonchev–Trinajstić information content (AvgIpc) is 3.09. The lowest BCUT2D eigenvalue weighted by molar-refractivity contribution is 0.264. The summed E-state index contributed by atoms with van der Waals surface area (Å²) in [4.78, 5) is 0.950. The van der Waals surface area contributed by atoms with E-state index < -0.39 is 0 Å². The highest BCUT2D eigenvalue weighted by atomic mass is 32.1. The fourth-order valence-electron chi connectivity index (χ4n) is 1.52. The molecule has 3 rings (SSSR count). The van der Waals surface area contributed by atoms with Gasteiger partial charge in [0.1, 0.15) is 5.75 Å². The van der Waals surface area contributed by atoms with E-state index >= 15 is 0 Å². The van der Waals surface area contributed by atoms with Gasteiger partial charge in [0.05, 0.1) is 4.88 Å². The minimum absolute atomic E-state index is 0.238. The van der Waals surface area contributed by atoms with Crippen LogP contribution in [-0.2, 0) is 6.61 Å². The van der Waals surface area contributed by atoms with Crippen LogP contribution >= 0.6 is 11.3 Å². The van der Waals surface area contributed by atoms with Crippen LogP contribution < -0.4 is 10.5 Å². The highest BCUT2D eigenvalue weighted by molar-refractivity contribution is 7.13. The van der Waals surface area contributed by atoms with Gasteiger partial charge in [-0.15, -0.1) is 21.5 Å². The molecule has 2 aromatic heterocycles. The molecule has 0 aliphatic heterocycles. The number of benzene rings is 1. The highest BCUT2D eigenvalue weighted by Crippen LogP contribution is 2.23. The molecule has 3 aromatic rings. The van der Waals surface area contributed by atoms with Gasteiger partial charge in [-0.25, -0.2) is 0 Å². The molecule has 0 radical (unpaired) electrons. The molecule has 0 atom stereocenters. The van der Waals surface area contributed by atoms with Crippen molar-refractivity contribution < 1.29 is 9.15 Å². The smallest absolute Gasteiger partial charge is 0.257 e. The number of nitrogens with zero attached hydrogens (tertiary/aromatic N) is 2. The Morgan fingerprint density at radius 1 is 1.16 bits per heavy atom. The molecular formula is C13H11N3O2S. The lowest BCUT2D eigenvalue weighted by Crippen LogP contribution is -1.95. The SMILES string of the molecule is Nc1ccc(OCc2nnc(-c3cccs3)o2)cc1. The van der Waals surface area contributed by atoms with Crippen LogP contribution in [0.5, 0.6) is 5.75 Å². The Bertz CT molecular complexity index is 647. The minimum atomic E-state index is 0.238. The molecule has 0 aliphatic carbocycles. The molecule has 2 N–H and O–H groups in total. The van der Waals surface area contributed by atoms with Crippen molar-refractivity contribution in [3.63, 3.8) is 0 Å². The molecule has 19 heavy (non-hydrogen) atoms. The molecule has 0 spiro atoms. The minimum Gasteiger partial charge on any atom is -0.484 e. The maximum atomic E-state index is 5.60. The first-order chi connectivity index (χ1) is 9.31. The third kappa shape index (κ3) is 2.74. The maximum Gasteiger partial charge on any atom is 0.257 e. The van der Waals surface area contributed by atoms with Gasteiger partial charge in [-0.2, -0.15) is 0 Å². The molecule has 2 heterocycles. The number of thiophene rings is 1. The topological polar surface area (TPSA) is 74.2 Å². The number of nitrogens with two attached hydrogens (primary N) is 1. The average molecular weight is 273 g/mol. The second-order valence-corrected chi connectivity index (χ2v) is 4.78.